The molecule has 0 atom stereocenters. The van der Waals surface area contributed by atoms with Gasteiger partial charge in [-0.3, -0.25) is 19.9 Å². The Morgan fingerprint density at radius 3 is 2.37 bits per heavy atom. The van der Waals surface area contributed by atoms with Crippen LogP contribution in [0.1, 0.15) is 64.5 Å². The number of likely N-dealkylation sites (N-methyl/N-ethyl adjacent to an activating group) is 1. The lowest BCUT2D eigenvalue weighted by Gasteiger charge is -2.33. The van der Waals surface area contributed by atoms with Gasteiger partial charge in [-0.05, 0) is 55.2 Å². The van der Waals surface area contributed by atoms with Crippen LogP contribution in [0.15, 0.2) is 24.3 Å². The second kappa shape index (κ2) is 8.38. The minimum absolute atomic E-state index is 0.0854. The second-order valence-corrected chi connectivity index (χ2v) is 9.99. The summed E-state index contributed by atoms with van der Waals surface area (Å²) in [4.78, 5) is 39.5. The van der Waals surface area contributed by atoms with Crippen LogP contribution in [0.25, 0.3) is 0 Å². The summed E-state index contributed by atoms with van der Waals surface area (Å²) in [5.41, 5.74) is 4.11. The van der Waals surface area contributed by atoms with Crippen LogP contribution in [0.2, 0.25) is 0 Å². The zero-order chi connectivity index (χ0) is 22.1. The smallest absolute Gasteiger partial charge is 0.322 e. The monoisotopic (exact) mass is 414 g/mol. The molecular formula is C23H34N4O3. The molecule has 7 heteroatoms. The molecule has 1 aliphatic heterocycles. The molecule has 0 aromatic heterocycles. The van der Waals surface area contributed by atoms with E-state index < -0.39 is 11.6 Å². The fraction of sp³-hybridized carbons (Fsp3) is 0.609. The minimum Gasteiger partial charge on any atom is -0.322 e. The summed E-state index contributed by atoms with van der Waals surface area (Å²) in [6.45, 7) is 9.35. The van der Waals surface area contributed by atoms with E-state index in [-0.39, 0.29) is 23.8 Å². The molecule has 1 aromatic rings. The molecule has 1 saturated carbocycles. The van der Waals surface area contributed by atoms with Crippen molar-refractivity contribution in [2.75, 3.05) is 13.6 Å². The van der Waals surface area contributed by atoms with E-state index >= 15 is 0 Å². The Labute approximate surface area is 179 Å². The predicted octanol–water partition coefficient (Wildman–Crippen LogP) is 2.95. The third-order valence-corrected chi connectivity index (χ3v) is 6.21. The average molecular weight is 415 g/mol. The van der Waals surface area contributed by atoms with E-state index in [1.54, 1.807) is 0 Å². The van der Waals surface area contributed by atoms with Crippen molar-refractivity contribution in [3.8, 4) is 0 Å². The molecule has 0 radical (unpaired) electrons. The summed E-state index contributed by atoms with van der Waals surface area (Å²) in [6.07, 6.45) is 3.03. The summed E-state index contributed by atoms with van der Waals surface area (Å²) >= 11 is 0. The van der Waals surface area contributed by atoms with Crippen molar-refractivity contribution in [1.82, 2.24) is 20.7 Å². The van der Waals surface area contributed by atoms with E-state index in [4.69, 9.17) is 0 Å². The molecule has 164 valence electrons. The number of imide groups is 1. The van der Waals surface area contributed by atoms with Gasteiger partial charge in [0.05, 0.1) is 6.54 Å². The second-order valence-electron chi connectivity index (χ2n) is 9.99. The van der Waals surface area contributed by atoms with Gasteiger partial charge in [-0.25, -0.2) is 4.79 Å². The predicted molar refractivity (Wildman–Crippen MR) is 115 cm³/mol. The largest absolute Gasteiger partial charge is 0.344 e. The Morgan fingerprint density at radius 1 is 1.20 bits per heavy atom. The molecule has 2 aliphatic rings. The highest BCUT2D eigenvalue weighted by molar-refractivity contribution is 6.08. The standard InChI is InChI=1S/C23H34N4O3/c1-16-10-12-23(13-11-16)20(29)27(21(30)24-23)25-19(28)15-26(5)14-17-6-8-18(9-7-17)22(2,3)4/h6-9,16H,10-15H2,1-5H3,(H,24,30)(H,25,28). The van der Waals surface area contributed by atoms with Crippen LogP contribution < -0.4 is 10.7 Å². The molecule has 7 nitrogen and oxygen atoms in total. The third kappa shape index (κ3) is 4.83. The molecule has 2 fully saturated rings. The topological polar surface area (TPSA) is 81.8 Å². The first kappa shape index (κ1) is 22.3. The first-order chi connectivity index (χ1) is 14.0. The molecule has 0 bridgehead atoms. The van der Waals surface area contributed by atoms with Gasteiger partial charge >= 0.3 is 6.03 Å². The number of hydrogen-bond donors (Lipinski definition) is 2. The minimum atomic E-state index is -0.850. The molecule has 1 heterocycles. The van der Waals surface area contributed by atoms with Gasteiger partial charge in [-0.2, -0.15) is 5.01 Å². The van der Waals surface area contributed by atoms with Crippen molar-refractivity contribution in [3.63, 3.8) is 0 Å². The maximum absolute atomic E-state index is 12.8. The van der Waals surface area contributed by atoms with Crippen molar-refractivity contribution < 1.29 is 14.4 Å². The third-order valence-electron chi connectivity index (χ3n) is 6.21. The van der Waals surface area contributed by atoms with Gasteiger partial charge < -0.3 is 5.32 Å². The Kier molecular flexibility index (Phi) is 6.22. The van der Waals surface area contributed by atoms with Gasteiger partial charge in [-0.1, -0.05) is 52.0 Å². The van der Waals surface area contributed by atoms with Crippen molar-refractivity contribution in [1.29, 1.82) is 0 Å². The van der Waals surface area contributed by atoms with Crippen LogP contribution in [0.5, 0.6) is 0 Å². The van der Waals surface area contributed by atoms with Crippen LogP contribution in [0, 0.1) is 5.92 Å². The van der Waals surface area contributed by atoms with Crippen molar-refractivity contribution in [3.05, 3.63) is 35.4 Å². The molecule has 1 spiro atoms. The first-order valence-corrected chi connectivity index (χ1v) is 10.7. The molecular weight excluding hydrogens is 380 g/mol. The van der Waals surface area contributed by atoms with Crippen LogP contribution >= 0.6 is 0 Å². The highest BCUT2D eigenvalue weighted by Crippen LogP contribution is 2.35. The molecule has 0 unspecified atom stereocenters. The van der Waals surface area contributed by atoms with Crippen LogP contribution in [0.4, 0.5) is 4.79 Å². The summed E-state index contributed by atoms with van der Waals surface area (Å²) in [7, 11) is 1.84. The van der Waals surface area contributed by atoms with Crippen molar-refractivity contribution in [2.24, 2.45) is 5.92 Å². The maximum Gasteiger partial charge on any atom is 0.344 e. The number of hydrogen-bond acceptors (Lipinski definition) is 4. The van der Waals surface area contributed by atoms with E-state index in [0.717, 1.165) is 23.4 Å². The van der Waals surface area contributed by atoms with Gasteiger partial charge in [0.2, 0.25) is 0 Å². The summed E-state index contributed by atoms with van der Waals surface area (Å²) < 4.78 is 0. The molecule has 1 aliphatic carbocycles. The molecule has 3 rings (SSSR count). The number of carbonyl (C=O) groups excluding carboxylic acids is 3. The molecule has 1 saturated heterocycles. The zero-order valence-electron chi connectivity index (χ0n) is 18.7. The van der Waals surface area contributed by atoms with Gasteiger partial charge in [0.15, 0.2) is 0 Å². The summed E-state index contributed by atoms with van der Waals surface area (Å²) in [5.74, 6) is -0.170. The Morgan fingerprint density at radius 2 is 1.80 bits per heavy atom. The normalized spacial score (nSPS) is 24.5. The quantitative estimate of drug-likeness (QED) is 0.726. The van der Waals surface area contributed by atoms with Crippen molar-refractivity contribution in [2.45, 2.75) is 70.9 Å². The van der Waals surface area contributed by atoms with Crippen LogP contribution in [-0.2, 0) is 21.5 Å². The van der Waals surface area contributed by atoms with Gasteiger partial charge in [0, 0.05) is 6.54 Å². The van der Waals surface area contributed by atoms with E-state index in [9.17, 15) is 14.4 Å². The lowest BCUT2D eigenvalue weighted by molar-refractivity contribution is -0.140. The van der Waals surface area contributed by atoms with Gasteiger partial charge in [-0.15, -0.1) is 0 Å². The number of hydrazine groups is 1. The van der Waals surface area contributed by atoms with Crippen LogP contribution in [-0.4, -0.2) is 46.9 Å². The molecule has 4 amide bonds. The number of urea groups is 1. The number of benzene rings is 1. The summed E-state index contributed by atoms with van der Waals surface area (Å²) in [5, 5.41) is 3.68. The first-order valence-electron chi connectivity index (χ1n) is 10.7. The number of amides is 4. The Bertz CT molecular complexity index is 805. The molecule has 30 heavy (non-hydrogen) atoms. The highest BCUT2D eigenvalue weighted by atomic mass is 16.2. The fourth-order valence-corrected chi connectivity index (χ4v) is 4.20. The number of nitrogens with one attached hydrogen (secondary N) is 2. The van der Waals surface area contributed by atoms with Crippen LogP contribution in [0.3, 0.4) is 0 Å². The lowest BCUT2D eigenvalue weighted by Crippen LogP contribution is -2.52. The highest BCUT2D eigenvalue weighted by Gasteiger charge is 2.52. The molecule has 2 N–H and O–H groups in total. The SMILES string of the molecule is CC1CCC2(CC1)NC(=O)N(NC(=O)CN(C)Cc1ccc(C(C)(C)C)cc1)C2=O. The van der Waals surface area contributed by atoms with E-state index in [0.29, 0.717) is 25.3 Å². The zero-order valence-corrected chi connectivity index (χ0v) is 18.7. The Hall–Kier alpha value is -2.41. The van der Waals surface area contributed by atoms with Gasteiger partial charge in [0.25, 0.3) is 11.8 Å². The number of nitrogens with zero attached hydrogens (tertiary/aromatic N) is 2. The maximum atomic E-state index is 12.8. The number of rotatable bonds is 5. The summed E-state index contributed by atoms with van der Waals surface area (Å²) in [6, 6.07) is 7.82. The van der Waals surface area contributed by atoms with E-state index in [2.05, 4.69) is 62.7 Å². The van der Waals surface area contributed by atoms with E-state index in [1.165, 1.54) is 5.56 Å². The Balaban J connectivity index is 1.53. The average Bonchev–Trinajstić information content (AvgIpc) is 2.88. The number of carbonyl (C=O) groups is 3. The fourth-order valence-electron chi connectivity index (χ4n) is 4.20. The van der Waals surface area contributed by atoms with Crippen molar-refractivity contribution >= 4 is 17.8 Å². The molecule has 1 aromatic carbocycles. The lowest BCUT2D eigenvalue weighted by atomic mass is 9.77. The van der Waals surface area contributed by atoms with Gasteiger partial charge in [0.1, 0.15) is 5.54 Å². The van der Waals surface area contributed by atoms with E-state index in [1.807, 2.05) is 11.9 Å².